The van der Waals surface area contributed by atoms with Crippen molar-refractivity contribution in [2.75, 3.05) is 19.7 Å². The van der Waals surface area contributed by atoms with E-state index in [2.05, 4.69) is 20.8 Å². The first-order valence-electron chi connectivity index (χ1n) is 8.87. The molecule has 1 aliphatic heterocycles. The molecule has 1 saturated heterocycles. The van der Waals surface area contributed by atoms with E-state index >= 15 is 0 Å². The lowest BCUT2D eigenvalue weighted by atomic mass is 9.71. The molecule has 1 amide bonds. The van der Waals surface area contributed by atoms with E-state index in [0.29, 0.717) is 31.0 Å². The van der Waals surface area contributed by atoms with Gasteiger partial charge in [-0.2, -0.15) is 0 Å². The van der Waals surface area contributed by atoms with Gasteiger partial charge in [0.1, 0.15) is 6.10 Å². The van der Waals surface area contributed by atoms with Crippen LogP contribution in [-0.4, -0.2) is 53.6 Å². The van der Waals surface area contributed by atoms with Crippen molar-refractivity contribution in [3.05, 3.63) is 0 Å². The van der Waals surface area contributed by atoms with Gasteiger partial charge < -0.3 is 19.5 Å². The summed E-state index contributed by atoms with van der Waals surface area (Å²) in [6.45, 7) is 11.5. The standard InChI is InChI=1S/C18H33NO4/c1-13(20)10-19(14(2)21)11-16-12-22-18(23-16)8-6-15(7-9-18)17(3,4)5/h13,15-16,20H,6-12H2,1-5H3. The molecular formula is C18H33NO4. The van der Waals surface area contributed by atoms with Gasteiger partial charge in [0.05, 0.1) is 12.7 Å². The Labute approximate surface area is 140 Å². The lowest BCUT2D eigenvalue weighted by Crippen LogP contribution is -2.43. The molecule has 0 radical (unpaired) electrons. The average molecular weight is 327 g/mol. The maximum absolute atomic E-state index is 11.7. The summed E-state index contributed by atoms with van der Waals surface area (Å²) in [7, 11) is 0. The Balaban J connectivity index is 1.87. The van der Waals surface area contributed by atoms with Gasteiger partial charge in [-0.3, -0.25) is 4.79 Å². The van der Waals surface area contributed by atoms with Crippen molar-refractivity contribution in [1.82, 2.24) is 4.90 Å². The molecule has 1 aliphatic carbocycles. The predicted molar refractivity (Wildman–Crippen MR) is 88.9 cm³/mol. The van der Waals surface area contributed by atoms with Gasteiger partial charge in [0.15, 0.2) is 5.79 Å². The fourth-order valence-electron chi connectivity index (χ4n) is 3.79. The maximum atomic E-state index is 11.7. The number of aliphatic hydroxyl groups excluding tert-OH is 1. The Morgan fingerprint density at radius 3 is 2.43 bits per heavy atom. The lowest BCUT2D eigenvalue weighted by molar-refractivity contribution is -0.198. The summed E-state index contributed by atoms with van der Waals surface area (Å²) in [5.41, 5.74) is 0.336. The number of ether oxygens (including phenoxy) is 2. The Morgan fingerprint density at radius 2 is 1.96 bits per heavy atom. The van der Waals surface area contributed by atoms with Crippen LogP contribution in [0.4, 0.5) is 0 Å². The molecule has 0 aromatic carbocycles. The van der Waals surface area contributed by atoms with E-state index in [0.717, 1.165) is 25.7 Å². The fourth-order valence-corrected chi connectivity index (χ4v) is 3.79. The summed E-state index contributed by atoms with van der Waals surface area (Å²) < 4.78 is 12.2. The van der Waals surface area contributed by atoms with Crippen molar-refractivity contribution in [3.8, 4) is 0 Å². The zero-order chi connectivity index (χ0) is 17.3. The number of carbonyl (C=O) groups is 1. The highest BCUT2D eigenvalue weighted by molar-refractivity contribution is 5.73. The van der Waals surface area contributed by atoms with Gasteiger partial charge >= 0.3 is 0 Å². The molecule has 1 saturated carbocycles. The van der Waals surface area contributed by atoms with Crippen molar-refractivity contribution in [2.24, 2.45) is 11.3 Å². The molecule has 2 atom stereocenters. The second kappa shape index (κ2) is 7.08. The van der Waals surface area contributed by atoms with E-state index in [1.807, 2.05) is 0 Å². The quantitative estimate of drug-likeness (QED) is 0.862. The molecule has 5 heteroatoms. The average Bonchev–Trinajstić information content (AvgIpc) is 2.79. The van der Waals surface area contributed by atoms with Gasteiger partial charge in [0, 0.05) is 32.9 Å². The lowest BCUT2D eigenvalue weighted by Gasteiger charge is -2.41. The van der Waals surface area contributed by atoms with Crippen molar-refractivity contribution in [3.63, 3.8) is 0 Å². The maximum Gasteiger partial charge on any atom is 0.219 e. The monoisotopic (exact) mass is 327 g/mol. The Bertz CT molecular complexity index is 408. The van der Waals surface area contributed by atoms with Crippen molar-refractivity contribution in [1.29, 1.82) is 0 Å². The van der Waals surface area contributed by atoms with Crippen LogP contribution >= 0.6 is 0 Å². The summed E-state index contributed by atoms with van der Waals surface area (Å²) in [6.07, 6.45) is 3.49. The smallest absolute Gasteiger partial charge is 0.219 e. The van der Waals surface area contributed by atoms with Crippen LogP contribution in [0.25, 0.3) is 0 Å². The fraction of sp³-hybridized carbons (Fsp3) is 0.944. The third kappa shape index (κ3) is 4.91. The highest BCUT2D eigenvalue weighted by Gasteiger charge is 2.46. The minimum absolute atomic E-state index is 0.0353. The number of nitrogens with zero attached hydrogens (tertiary/aromatic N) is 1. The molecule has 2 unspecified atom stereocenters. The number of amides is 1. The summed E-state index contributed by atoms with van der Waals surface area (Å²) in [6, 6.07) is 0. The highest BCUT2D eigenvalue weighted by Crippen LogP contribution is 2.45. The van der Waals surface area contributed by atoms with Crippen molar-refractivity contribution < 1.29 is 19.4 Å². The number of carbonyl (C=O) groups excluding carboxylic acids is 1. The number of hydrogen-bond donors (Lipinski definition) is 1. The number of hydrogen-bond acceptors (Lipinski definition) is 4. The second-order valence-electron chi connectivity index (χ2n) is 8.37. The van der Waals surface area contributed by atoms with E-state index in [1.165, 1.54) is 6.92 Å². The molecule has 0 bridgehead atoms. The largest absolute Gasteiger partial charge is 0.392 e. The summed E-state index contributed by atoms with van der Waals surface area (Å²) >= 11 is 0. The third-order valence-electron chi connectivity index (χ3n) is 5.24. The molecule has 1 spiro atoms. The van der Waals surface area contributed by atoms with E-state index in [1.54, 1.807) is 11.8 Å². The van der Waals surface area contributed by atoms with Crippen LogP contribution < -0.4 is 0 Å². The Hall–Kier alpha value is -0.650. The zero-order valence-corrected chi connectivity index (χ0v) is 15.3. The Morgan fingerprint density at radius 1 is 1.35 bits per heavy atom. The number of aliphatic hydroxyl groups is 1. The van der Waals surface area contributed by atoms with Crippen LogP contribution in [0.1, 0.15) is 60.3 Å². The van der Waals surface area contributed by atoms with Gasteiger partial charge in [0.2, 0.25) is 5.91 Å². The molecule has 5 nitrogen and oxygen atoms in total. The first kappa shape index (κ1) is 18.7. The normalized spacial score (nSPS) is 33.0. The Kier molecular flexibility index (Phi) is 5.75. The first-order chi connectivity index (χ1) is 10.6. The van der Waals surface area contributed by atoms with Crippen LogP contribution in [0, 0.1) is 11.3 Å². The van der Waals surface area contributed by atoms with Crippen LogP contribution in [0.2, 0.25) is 0 Å². The number of rotatable bonds is 4. The van der Waals surface area contributed by atoms with Crippen molar-refractivity contribution in [2.45, 2.75) is 78.3 Å². The first-order valence-corrected chi connectivity index (χ1v) is 8.87. The minimum Gasteiger partial charge on any atom is -0.392 e. The zero-order valence-electron chi connectivity index (χ0n) is 15.3. The van der Waals surface area contributed by atoms with E-state index in [9.17, 15) is 9.90 Å². The van der Waals surface area contributed by atoms with Gasteiger partial charge in [-0.05, 0) is 31.1 Å². The second-order valence-corrected chi connectivity index (χ2v) is 8.37. The topological polar surface area (TPSA) is 59.0 Å². The van der Waals surface area contributed by atoms with E-state index < -0.39 is 11.9 Å². The molecule has 0 aromatic heterocycles. The highest BCUT2D eigenvalue weighted by atomic mass is 16.7. The van der Waals surface area contributed by atoms with Crippen LogP contribution in [0.5, 0.6) is 0 Å². The van der Waals surface area contributed by atoms with Gasteiger partial charge in [-0.1, -0.05) is 20.8 Å². The van der Waals surface area contributed by atoms with Gasteiger partial charge in [-0.25, -0.2) is 0 Å². The SMILES string of the molecule is CC(=O)N(CC(C)O)CC1COC2(CCC(C(C)(C)C)CC2)O1. The minimum atomic E-state index is -0.530. The van der Waals surface area contributed by atoms with Gasteiger partial charge in [-0.15, -0.1) is 0 Å². The molecule has 0 aromatic rings. The summed E-state index contributed by atoms with van der Waals surface area (Å²) in [5.74, 6) is 0.231. The van der Waals surface area contributed by atoms with E-state index in [-0.39, 0.29) is 12.0 Å². The third-order valence-corrected chi connectivity index (χ3v) is 5.24. The summed E-state index contributed by atoms with van der Waals surface area (Å²) in [4.78, 5) is 13.4. The predicted octanol–water partition coefficient (Wildman–Crippen LogP) is 2.56. The summed E-state index contributed by atoms with van der Waals surface area (Å²) in [5, 5.41) is 9.53. The van der Waals surface area contributed by atoms with Crippen LogP contribution in [0.3, 0.4) is 0 Å². The van der Waals surface area contributed by atoms with Crippen LogP contribution in [0.15, 0.2) is 0 Å². The molecule has 23 heavy (non-hydrogen) atoms. The van der Waals surface area contributed by atoms with Crippen LogP contribution in [-0.2, 0) is 14.3 Å². The van der Waals surface area contributed by atoms with Gasteiger partial charge in [0.25, 0.3) is 0 Å². The molecule has 2 rings (SSSR count). The van der Waals surface area contributed by atoms with Crippen molar-refractivity contribution >= 4 is 5.91 Å². The molecule has 134 valence electrons. The molecule has 2 fully saturated rings. The molecule has 1 heterocycles. The van der Waals surface area contributed by atoms with E-state index in [4.69, 9.17) is 9.47 Å². The molecule has 1 N–H and O–H groups in total. The molecule has 2 aliphatic rings. The molecular weight excluding hydrogens is 294 g/mol.